The number of guanidine groups is 1. The van der Waals surface area contributed by atoms with E-state index in [1.165, 1.54) is 4.88 Å². The molecule has 0 saturated heterocycles. The quantitative estimate of drug-likeness (QED) is 0.268. The lowest BCUT2D eigenvalue weighted by atomic mass is 10.3. The van der Waals surface area contributed by atoms with Crippen molar-refractivity contribution in [3.05, 3.63) is 15.6 Å². The first-order valence-electron chi connectivity index (χ1n) is 7.70. The minimum absolute atomic E-state index is 0. The molecule has 2 N–H and O–H groups in total. The second-order valence-electron chi connectivity index (χ2n) is 4.73. The summed E-state index contributed by atoms with van der Waals surface area (Å²) in [6, 6.07) is 0. The third kappa shape index (κ3) is 8.89. The topological polar surface area (TPSA) is 58.5 Å². The fourth-order valence-electron chi connectivity index (χ4n) is 1.94. The minimum atomic E-state index is 0. The number of nitrogens with one attached hydrogen (secondary N) is 2. The average Bonchev–Trinajstić information content (AvgIpc) is 2.77. The standard InChI is InChI=1S/C15H28N4OS.HI/c1-5-16-15(17-9-7-11-20-6-2)18-10-8-14-12(3)19-13(4)21-14;/h5-11H2,1-4H3,(H2,16,17,18);1H. The van der Waals surface area contributed by atoms with Crippen molar-refractivity contribution in [2.45, 2.75) is 40.5 Å². The van der Waals surface area contributed by atoms with Crippen LogP contribution < -0.4 is 10.6 Å². The number of thiazole rings is 1. The lowest BCUT2D eigenvalue weighted by molar-refractivity contribution is 0.146. The zero-order chi connectivity index (χ0) is 15.5. The van der Waals surface area contributed by atoms with Crippen LogP contribution in [0.5, 0.6) is 0 Å². The van der Waals surface area contributed by atoms with Crippen molar-refractivity contribution in [1.29, 1.82) is 0 Å². The average molecular weight is 440 g/mol. The summed E-state index contributed by atoms with van der Waals surface area (Å²) >= 11 is 1.78. The Morgan fingerprint density at radius 2 is 2.05 bits per heavy atom. The summed E-state index contributed by atoms with van der Waals surface area (Å²) in [5.41, 5.74) is 1.15. The molecule has 0 aliphatic heterocycles. The Morgan fingerprint density at radius 1 is 1.27 bits per heavy atom. The molecule has 1 aromatic heterocycles. The first-order chi connectivity index (χ1) is 10.2. The van der Waals surface area contributed by atoms with Crippen molar-refractivity contribution in [1.82, 2.24) is 15.6 Å². The SMILES string of the molecule is CCNC(=NCCCOCC)NCCc1sc(C)nc1C.I. The summed E-state index contributed by atoms with van der Waals surface area (Å²) in [5.74, 6) is 0.882. The molecule has 5 nitrogen and oxygen atoms in total. The van der Waals surface area contributed by atoms with Crippen molar-refractivity contribution >= 4 is 41.3 Å². The van der Waals surface area contributed by atoms with Gasteiger partial charge in [0.15, 0.2) is 5.96 Å². The van der Waals surface area contributed by atoms with Crippen molar-refractivity contribution < 1.29 is 4.74 Å². The number of rotatable bonds is 9. The van der Waals surface area contributed by atoms with Gasteiger partial charge in [-0.05, 0) is 34.1 Å². The van der Waals surface area contributed by atoms with Gasteiger partial charge in [0, 0.05) is 44.1 Å². The molecule has 0 bridgehead atoms. The van der Waals surface area contributed by atoms with Crippen LogP contribution >= 0.6 is 35.3 Å². The maximum atomic E-state index is 5.31. The van der Waals surface area contributed by atoms with E-state index in [2.05, 4.69) is 41.4 Å². The number of aromatic nitrogens is 1. The molecule has 22 heavy (non-hydrogen) atoms. The molecule has 0 aliphatic carbocycles. The monoisotopic (exact) mass is 440 g/mol. The molecule has 1 rings (SSSR count). The Bertz CT molecular complexity index is 437. The van der Waals surface area contributed by atoms with Crippen LogP contribution in [0.2, 0.25) is 0 Å². The van der Waals surface area contributed by atoms with Gasteiger partial charge >= 0.3 is 0 Å². The van der Waals surface area contributed by atoms with Crippen LogP contribution in [0, 0.1) is 13.8 Å². The van der Waals surface area contributed by atoms with Crippen LogP contribution in [-0.4, -0.2) is 43.8 Å². The van der Waals surface area contributed by atoms with Crippen LogP contribution in [0.4, 0.5) is 0 Å². The van der Waals surface area contributed by atoms with E-state index in [0.29, 0.717) is 0 Å². The normalized spacial score (nSPS) is 11.2. The second kappa shape index (κ2) is 13.1. The predicted octanol–water partition coefficient (Wildman–Crippen LogP) is 2.90. The van der Waals surface area contributed by atoms with Gasteiger partial charge in [-0.15, -0.1) is 35.3 Å². The van der Waals surface area contributed by atoms with E-state index in [9.17, 15) is 0 Å². The number of hydrogen-bond acceptors (Lipinski definition) is 4. The molecule has 128 valence electrons. The minimum Gasteiger partial charge on any atom is -0.382 e. The molecular formula is C15H29IN4OS. The maximum absolute atomic E-state index is 5.31. The summed E-state index contributed by atoms with van der Waals surface area (Å²) in [4.78, 5) is 10.4. The van der Waals surface area contributed by atoms with Gasteiger partial charge in [-0.2, -0.15) is 0 Å². The first-order valence-corrected chi connectivity index (χ1v) is 8.51. The largest absolute Gasteiger partial charge is 0.382 e. The number of ether oxygens (including phenoxy) is 1. The fraction of sp³-hybridized carbons (Fsp3) is 0.733. The molecular weight excluding hydrogens is 411 g/mol. The molecule has 0 unspecified atom stereocenters. The number of aliphatic imine (C=N–C) groups is 1. The van der Waals surface area contributed by atoms with Crippen molar-refractivity contribution in [3.63, 3.8) is 0 Å². The first kappa shape index (κ1) is 21.6. The molecule has 0 fully saturated rings. The molecule has 1 heterocycles. The summed E-state index contributed by atoms with van der Waals surface area (Å²) in [6.07, 6.45) is 1.94. The summed E-state index contributed by atoms with van der Waals surface area (Å²) in [6.45, 7) is 12.3. The molecule has 0 amide bonds. The van der Waals surface area contributed by atoms with Crippen LogP contribution in [0.3, 0.4) is 0 Å². The Kier molecular flexibility index (Phi) is 12.8. The van der Waals surface area contributed by atoms with E-state index in [1.807, 2.05) is 6.92 Å². The van der Waals surface area contributed by atoms with Crippen molar-refractivity contribution in [2.24, 2.45) is 4.99 Å². The van der Waals surface area contributed by atoms with E-state index < -0.39 is 0 Å². The van der Waals surface area contributed by atoms with E-state index in [4.69, 9.17) is 4.74 Å². The second-order valence-corrected chi connectivity index (χ2v) is 6.02. The van der Waals surface area contributed by atoms with Gasteiger partial charge in [0.05, 0.1) is 10.7 Å². The highest BCUT2D eigenvalue weighted by molar-refractivity contribution is 14.0. The highest BCUT2D eigenvalue weighted by atomic mass is 127. The molecule has 1 aromatic rings. The van der Waals surface area contributed by atoms with Crippen LogP contribution in [0.25, 0.3) is 0 Å². The highest BCUT2D eigenvalue weighted by Gasteiger charge is 2.04. The smallest absolute Gasteiger partial charge is 0.191 e. The van der Waals surface area contributed by atoms with Gasteiger partial charge in [0.1, 0.15) is 0 Å². The Balaban J connectivity index is 0.00000441. The number of nitrogens with zero attached hydrogens (tertiary/aromatic N) is 2. The lowest BCUT2D eigenvalue weighted by Gasteiger charge is -2.11. The van der Waals surface area contributed by atoms with Gasteiger partial charge in [0.2, 0.25) is 0 Å². The summed E-state index contributed by atoms with van der Waals surface area (Å²) in [7, 11) is 0. The fourth-order valence-corrected chi connectivity index (χ4v) is 2.88. The molecule has 0 spiro atoms. The van der Waals surface area contributed by atoms with Gasteiger partial charge < -0.3 is 15.4 Å². The van der Waals surface area contributed by atoms with E-state index >= 15 is 0 Å². The maximum Gasteiger partial charge on any atom is 0.191 e. The number of aryl methyl sites for hydroxylation is 2. The van der Waals surface area contributed by atoms with Crippen LogP contribution in [0.1, 0.15) is 35.8 Å². The van der Waals surface area contributed by atoms with Crippen molar-refractivity contribution in [3.8, 4) is 0 Å². The molecule has 0 aliphatic rings. The third-order valence-electron chi connectivity index (χ3n) is 2.91. The Morgan fingerprint density at radius 3 is 2.64 bits per heavy atom. The third-order valence-corrected chi connectivity index (χ3v) is 4.04. The lowest BCUT2D eigenvalue weighted by Crippen LogP contribution is -2.38. The summed E-state index contributed by atoms with van der Waals surface area (Å²) in [5, 5.41) is 7.78. The number of hydrogen-bond donors (Lipinski definition) is 2. The van der Waals surface area contributed by atoms with Gasteiger partial charge in [-0.25, -0.2) is 4.98 Å². The van der Waals surface area contributed by atoms with Gasteiger partial charge in [0.25, 0.3) is 0 Å². The Hall–Kier alpha value is -0.410. The van der Waals surface area contributed by atoms with Crippen molar-refractivity contribution in [2.75, 3.05) is 32.8 Å². The van der Waals surface area contributed by atoms with E-state index in [-0.39, 0.29) is 24.0 Å². The van der Waals surface area contributed by atoms with Gasteiger partial charge in [-0.1, -0.05) is 0 Å². The molecule has 0 atom stereocenters. The molecule has 0 radical (unpaired) electrons. The molecule has 7 heteroatoms. The van der Waals surface area contributed by atoms with E-state index in [0.717, 1.165) is 62.4 Å². The van der Waals surface area contributed by atoms with Gasteiger partial charge in [-0.3, -0.25) is 4.99 Å². The highest BCUT2D eigenvalue weighted by Crippen LogP contribution is 2.16. The zero-order valence-electron chi connectivity index (χ0n) is 14.1. The van der Waals surface area contributed by atoms with E-state index in [1.54, 1.807) is 11.3 Å². The Labute approximate surface area is 155 Å². The molecule has 0 aromatic carbocycles. The van der Waals surface area contributed by atoms with Crippen LogP contribution in [0.15, 0.2) is 4.99 Å². The predicted molar refractivity (Wildman–Crippen MR) is 106 cm³/mol. The summed E-state index contributed by atoms with van der Waals surface area (Å²) < 4.78 is 5.31. The number of halogens is 1. The molecule has 0 saturated carbocycles. The van der Waals surface area contributed by atoms with Crippen LogP contribution in [-0.2, 0) is 11.2 Å². The zero-order valence-corrected chi connectivity index (χ0v) is 17.2.